The van der Waals surface area contributed by atoms with Gasteiger partial charge in [0.2, 0.25) is 5.91 Å². The molecule has 1 atom stereocenters. The van der Waals surface area contributed by atoms with Crippen molar-refractivity contribution in [2.45, 2.75) is 45.2 Å². The second-order valence-corrected chi connectivity index (χ2v) is 6.24. The van der Waals surface area contributed by atoms with Gasteiger partial charge < -0.3 is 20.9 Å². The SMILES string of the molecule is CC(C)NC(C)(CCN1CCCN(C)CC1)C(N)=O. The molecule has 112 valence electrons. The lowest BCUT2D eigenvalue weighted by molar-refractivity contribution is -0.124. The van der Waals surface area contributed by atoms with Gasteiger partial charge in [-0.2, -0.15) is 0 Å². The van der Waals surface area contributed by atoms with E-state index in [0.717, 1.165) is 39.1 Å². The van der Waals surface area contributed by atoms with Crippen molar-refractivity contribution in [1.29, 1.82) is 0 Å². The predicted molar refractivity (Wildman–Crippen MR) is 79.0 cm³/mol. The number of likely N-dealkylation sites (N-methyl/N-ethyl adjacent to an activating group) is 1. The van der Waals surface area contributed by atoms with E-state index in [1.807, 2.05) is 20.8 Å². The van der Waals surface area contributed by atoms with Crippen molar-refractivity contribution in [2.75, 3.05) is 39.8 Å². The number of primary amides is 1. The fraction of sp³-hybridized carbons (Fsp3) is 0.929. The van der Waals surface area contributed by atoms with Crippen molar-refractivity contribution in [3.8, 4) is 0 Å². The molecule has 1 heterocycles. The predicted octanol–water partition coefficient (Wildman–Crippen LogP) is 0.256. The third-order valence-electron chi connectivity index (χ3n) is 3.89. The number of hydrogen-bond donors (Lipinski definition) is 2. The summed E-state index contributed by atoms with van der Waals surface area (Å²) >= 11 is 0. The van der Waals surface area contributed by atoms with Gasteiger partial charge in [0.15, 0.2) is 0 Å². The molecule has 0 spiro atoms. The van der Waals surface area contributed by atoms with E-state index in [-0.39, 0.29) is 11.9 Å². The second-order valence-electron chi connectivity index (χ2n) is 6.24. The van der Waals surface area contributed by atoms with Crippen molar-refractivity contribution >= 4 is 5.91 Å². The molecule has 1 unspecified atom stereocenters. The van der Waals surface area contributed by atoms with Gasteiger partial charge in [0, 0.05) is 25.7 Å². The molecular weight excluding hydrogens is 240 g/mol. The van der Waals surface area contributed by atoms with Crippen LogP contribution >= 0.6 is 0 Å². The number of amides is 1. The second kappa shape index (κ2) is 7.22. The first-order chi connectivity index (χ1) is 8.83. The van der Waals surface area contributed by atoms with Gasteiger partial charge in [-0.25, -0.2) is 0 Å². The molecule has 0 saturated carbocycles. The Balaban J connectivity index is 2.49. The standard InChI is InChI=1S/C14H30N4O/c1-12(2)16-14(3,13(15)19)6-9-18-8-5-7-17(4)10-11-18/h12,16H,5-11H2,1-4H3,(H2,15,19). The number of carbonyl (C=O) groups excluding carboxylic acids is 1. The highest BCUT2D eigenvalue weighted by atomic mass is 16.1. The largest absolute Gasteiger partial charge is 0.368 e. The maximum absolute atomic E-state index is 11.7. The van der Waals surface area contributed by atoms with E-state index < -0.39 is 5.54 Å². The van der Waals surface area contributed by atoms with Gasteiger partial charge in [0.05, 0.1) is 5.54 Å². The van der Waals surface area contributed by atoms with Gasteiger partial charge in [0.25, 0.3) is 0 Å². The minimum Gasteiger partial charge on any atom is -0.368 e. The van der Waals surface area contributed by atoms with Gasteiger partial charge in [-0.3, -0.25) is 4.79 Å². The highest BCUT2D eigenvalue weighted by Crippen LogP contribution is 2.13. The summed E-state index contributed by atoms with van der Waals surface area (Å²) in [5, 5.41) is 3.31. The van der Waals surface area contributed by atoms with E-state index in [1.54, 1.807) is 0 Å². The lowest BCUT2D eigenvalue weighted by atomic mass is 9.95. The number of hydrogen-bond acceptors (Lipinski definition) is 4. The van der Waals surface area contributed by atoms with E-state index in [2.05, 4.69) is 22.2 Å². The van der Waals surface area contributed by atoms with Crippen molar-refractivity contribution in [1.82, 2.24) is 15.1 Å². The van der Waals surface area contributed by atoms with E-state index in [0.29, 0.717) is 0 Å². The fourth-order valence-electron chi connectivity index (χ4n) is 2.61. The maximum atomic E-state index is 11.7. The average molecular weight is 270 g/mol. The molecule has 0 aliphatic carbocycles. The zero-order valence-corrected chi connectivity index (χ0v) is 12.9. The minimum atomic E-state index is -0.605. The van der Waals surface area contributed by atoms with Gasteiger partial charge >= 0.3 is 0 Å². The molecule has 5 nitrogen and oxygen atoms in total. The Kier molecular flexibility index (Phi) is 6.23. The quantitative estimate of drug-likeness (QED) is 0.726. The smallest absolute Gasteiger partial charge is 0.237 e. The first-order valence-electron chi connectivity index (χ1n) is 7.32. The molecule has 1 amide bonds. The lowest BCUT2D eigenvalue weighted by Gasteiger charge is -2.32. The third-order valence-corrected chi connectivity index (χ3v) is 3.89. The Hall–Kier alpha value is -0.650. The Morgan fingerprint density at radius 3 is 2.58 bits per heavy atom. The minimum absolute atomic E-state index is 0.256. The van der Waals surface area contributed by atoms with Crippen LogP contribution in [0.1, 0.15) is 33.6 Å². The fourth-order valence-corrected chi connectivity index (χ4v) is 2.61. The molecule has 0 aromatic rings. The topological polar surface area (TPSA) is 61.6 Å². The molecule has 1 rings (SSSR count). The van der Waals surface area contributed by atoms with Gasteiger partial charge in [-0.05, 0) is 53.8 Å². The molecule has 3 N–H and O–H groups in total. The van der Waals surface area contributed by atoms with Gasteiger partial charge in [0.1, 0.15) is 0 Å². The summed E-state index contributed by atoms with van der Waals surface area (Å²) in [6, 6.07) is 0.257. The Morgan fingerprint density at radius 1 is 1.32 bits per heavy atom. The van der Waals surface area contributed by atoms with Gasteiger partial charge in [-0.1, -0.05) is 0 Å². The van der Waals surface area contributed by atoms with Crippen LogP contribution in [0.15, 0.2) is 0 Å². The molecule has 0 bridgehead atoms. The van der Waals surface area contributed by atoms with Crippen molar-refractivity contribution in [3.05, 3.63) is 0 Å². The Bertz CT molecular complexity index is 295. The van der Waals surface area contributed by atoms with Crippen LogP contribution in [0.2, 0.25) is 0 Å². The number of nitrogens with zero attached hydrogens (tertiary/aromatic N) is 2. The maximum Gasteiger partial charge on any atom is 0.237 e. The van der Waals surface area contributed by atoms with Crippen LogP contribution in [0.25, 0.3) is 0 Å². The van der Waals surface area contributed by atoms with Crippen LogP contribution in [0.5, 0.6) is 0 Å². The van der Waals surface area contributed by atoms with E-state index in [1.165, 1.54) is 6.42 Å². The van der Waals surface area contributed by atoms with Gasteiger partial charge in [-0.15, -0.1) is 0 Å². The van der Waals surface area contributed by atoms with E-state index in [9.17, 15) is 4.79 Å². The van der Waals surface area contributed by atoms with Crippen molar-refractivity contribution < 1.29 is 4.79 Å². The molecule has 0 aromatic heterocycles. The molecule has 0 radical (unpaired) electrons. The molecule has 1 aliphatic rings. The van der Waals surface area contributed by atoms with Crippen LogP contribution in [-0.2, 0) is 4.79 Å². The zero-order valence-electron chi connectivity index (χ0n) is 12.9. The lowest BCUT2D eigenvalue weighted by Crippen LogP contribution is -2.56. The summed E-state index contributed by atoms with van der Waals surface area (Å²) in [6.07, 6.45) is 1.96. The molecule has 19 heavy (non-hydrogen) atoms. The summed E-state index contributed by atoms with van der Waals surface area (Å²) in [4.78, 5) is 16.5. The molecule has 5 heteroatoms. The number of carbonyl (C=O) groups is 1. The molecule has 0 aromatic carbocycles. The monoisotopic (exact) mass is 270 g/mol. The Morgan fingerprint density at radius 2 is 2.00 bits per heavy atom. The number of nitrogens with two attached hydrogens (primary N) is 1. The number of rotatable bonds is 6. The van der Waals surface area contributed by atoms with E-state index in [4.69, 9.17) is 5.73 Å². The normalized spacial score (nSPS) is 22.2. The Labute approximate surface area is 117 Å². The van der Waals surface area contributed by atoms with Crippen LogP contribution in [0.3, 0.4) is 0 Å². The first-order valence-corrected chi connectivity index (χ1v) is 7.32. The zero-order chi connectivity index (χ0) is 14.5. The summed E-state index contributed by atoms with van der Waals surface area (Å²) in [6.45, 7) is 11.4. The first kappa shape index (κ1) is 16.4. The molecular formula is C14H30N4O. The summed E-state index contributed by atoms with van der Waals surface area (Å²) in [7, 11) is 2.16. The summed E-state index contributed by atoms with van der Waals surface area (Å²) < 4.78 is 0. The number of nitrogens with one attached hydrogen (secondary N) is 1. The van der Waals surface area contributed by atoms with E-state index >= 15 is 0 Å². The summed E-state index contributed by atoms with van der Waals surface area (Å²) in [5.41, 5.74) is 4.95. The van der Waals surface area contributed by atoms with Crippen molar-refractivity contribution in [2.24, 2.45) is 5.73 Å². The highest BCUT2D eigenvalue weighted by Gasteiger charge is 2.31. The summed E-state index contributed by atoms with van der Waals surface area (Å²) in [5.74, 6) is -0.256. The highest BCUT2D eigenvalue weighted by molar-refractivity contribution is 5.84. The van der Waals surface area contributed by atoms with Crippen LogP contribution in [-0.4, -0.2) is 67.1 Å². The van der Waals surface area contributed by atoms with Crippen LogP contribution < -0.4 is 11.1 Å². The van der Waals surface area contributed by atoms with Crippen molar-refractivity contribution in [3.63, 3.8) is 0 Å². The average Bonchev–Trinajstić information content (AvgIpc) is 2.50. The molecule has 1 aliphatic heterocycles. The van der Waals surface area contributed by atoms with Crippen LogP contribution in [0.4, 0.5) is 0 Å². The molecule has 1 fully saturated rings. The third kappa shape index (κ3) is 5.47. The molecule has 1 saturated heterocycles. The van der Waals surface area contributed by atoms with Crippen LogP contribution in [0, 0.1) is 0 Å².